The molecule has 10 heavy (non-hydrogen) atoms. The molecule has 0 aliphatic carbocycles. The van der Waals surface area contributed by atoms with Gasteiger partial charge in [-0.05, 0) is 6.92 Å². The second-order valence-corrected chi connectivity index (χ2v) is 2.59. The van der Waals surface area contributed by atoms with Crippen molar-refractivity contribution in [2.75, 3.05) is 5.75 Å². The molecular formula is C5H6N4S. The molecule has 0 aliphatic heterocycles. The Labute approximate surface area is 62.7 Å². The number of thioether (sulfide) groups is 1. The molecule has 0 atom stereocenters. The monoisotopic (exact) mass is 154 g/mol. The fraction of sp³-hybridized carbons (Fsp3) is 0.400. The Hall–Kier alpha value is -1.02. The number of hydrogen-bond acceptors (Lipinski definition) is 4. The molecular weight excluding hydrogens is 148 g/mol. The van der Waals surface area contributed by atoms with Crippen LogP contribution in [0, 0.1) is 18.3 Å². The van der Waals surface area contributed by atoms with Crippen molar-refractivity contribution in [2.45, 2.75) is 12.1 Å². The van der Waals surface area contributed by atoms with Crippen LogP contribution in [-0.2, 0) is 0 Å². The summed E-state index contributed by atoms with van der Waals surface area (Å²) in [7, 11) is 0. The molecule has 0 aromatic carbocycles. The highest BCUT2D eigenvalue weighted by atomic mass is 32.2. The summed E-state index contributed by atoms with van der Waals surface area (Å²) in [5, 5.41) is 15.4. The Bertz CT molecular complexity index is 248. The third-order valence-electron chi connectivity index (χ3n) is 0.843. The average molecular weight is 154 g/mol. The Kier molecular flexibility index (Phi) is 2.29. The number of aromatic nitrogens is 3. The first-order valence-electron chi connectivity index (χ1n) is 2.71. The highest BCUT2D eigenvalue weighted by molar-refractivity contribution is 7.99. The van der Waals surface area contributed by atoms with E-state index in [-0.39, 0.29) is 0 Å². The summed E-state index contributed by atoms with van der Waals surface area (Å²) in [6.07, 6.45) is 0. The molecule has 1 heterocycles. The Balaban J connectivity index is 2.52. The molecule has 4 nitrogen and oxygen atoms in total. The van der Waals surface area contributed by atoms with Gasteiger partial charge in [0.05, 0.1) is 11.8 Å². The maximum Gasteiger partial charge on any atom is 0.209 e. The van der Waals surface area contributed by atoms with Crippen molar-refractivity contribution >= 4 is 11.8 Å². The molecule has 0 unspecified atom stereocenters. The van der Waals surface area contributed by atoms with Gasteiger partial charge in [0.1, 0.15) is 5.82 Å². The first-order chi connectivity index (χ1) is 4.83. The van der Waals surface area contributed by atoms with Gasteiger partial charge in [-0.2, -0.15) is 5.26 Å². The van der Waals surface area contributed by atoms with Crippen molar-refractivity contribution in [1.82, 2.24) is 15.2 Å². The van der Waals surface area contributed by atoms with Crippen LogP contribution in [0.15, 0.2) is 5.16 Å². The summed E-state index contributed by atoms with van der Waals surface area (Å²) in [6, 6.07) is 1.99. The maximum absolute atomic E-state index is 8.20. The Morgan fingerprint density at radius 3 is 3.10 bits per heavy atom. The third kappa shape index (κ3) is 1.74. The van der Waals surface area contributed by atoms with Gasteiger partial charge in [-0.15, -0.1) is 5.10 Å². The van der Waals surface area contributed by atoms with Gasteiger partial charge >= 0.3 is 0 Å². The van der Waals surface area contributed by atoms with Crippen molar-refractivity contribution in [3.8, 4) is 6.07 Å². The molecule has 52 valence electrons. The Morgan fingerprint density at radius 2 is 2.60 bits per heavy atom. The lowest BCUT2D eigenvalue weighted by molar-refractivity contribution is 0.971. The summed E-state index contributed by atoms with van der Waals surface area (Å²) >= 11 is 1.33. The first kappa shape index (κ1) is 7.09. The van der Waals surface area contributed by atoms with Crippen molar-refractivity contribution in [3.05, 3.63) is 5.82 Å². The van der Waals surface area contributed by atoms with E-state index in [1.54, 1.807) is 0 Å². The van der Waals surface area contributed by atoms with Gasteiger partial charge in [-0.25, -0.2) is 4.98 Å². The molecule has 0 saturated carbocycles. The topological polar surface area (TPSA) is 65.4 Å². The summed E-state index contributed by atoms with van der Waals surface area (Å²) < 4.78 is 0. The number of nitrogens with one attached hydrogen (secondary N) is 1. The smallest absolute Gasteiger partial charge is 0.209 e. The third-order valence-corrected chi connectivity index (χ3v) is 1.56. The van der Waals surface area contributed by atoms with E-state index in [1.807, 2.05) is 13.0 Å². The van der Waals surface area contributed by atoms with Gasteiger partial charge in [-0.1, -0.05) is 11.8 Å². The fourth-order valence-electron chi connectivity index (χ4n) is 0.484. The minimum atomic E-state index is 0.400. The van der Waals surface area contributed by atoms with E-state index >= 15 is 0 Å². The van der Waals surface area contributed by atoms with Crippen molar-refractivity contribution in [1.29, 1.82) is 5.26 Å². The van der Waals surface area contributed by atoms with Gasteiger partial charge < -0.3 is 0 Å². The molecule has 0 fully saturated rings. The lowest BCUT2D eigenvalue weighted by Gasteiger charge is -1.81. The van der Waals surface area contributed by atoms with Gasteiger partial charge in [0.2, 0.25) is 5.16 Å². The van der Waals surface area contributed by atoms with Gasteiger partial charge in [-0.3, -0.25) is 5.10 Å². The molecule has 1 rings (SSSR count). The van der Waals surface area contributed by atoms with Crippen LogP contribution in [0.25, 0.3) is 0 Å². The second-order valence-electron chi connectivity index (χ2n) is 1.65. The zero-order chi connectivity index (χ0) is 7.40. The molecule has 0 saturated heterocycles. The van der Waals surface area contributed by atoms with E-state index in [1.165, 1.54) is 11.8 Å². The van der Waals surface area contributed by atoms with E-state index < -0.39 is 0 Å². The fourth-order valence-corrected chi connectivity index (χ4v) is 0.989. The van der Waals surface area contributed by atoms with Gasteiger partial charge in [0.15, 0.2) is 0 Å². The molecule has 1 aromatic heterocycles. The SMILES string of the molecule is Cc1nc(SCC#N)n[nH]1. The summed E-state index contributed by atoms with van der Waals surface area (Å²) in [5.41, 5.74) is 0. The molecule has 1 aromatic rings. The summed E-state index contributed by atoms with van der Waals surface area (Å²) in [5.74, 6) is 1.18. The number of H-pyrrole nitrogens is 1. The lowest BCUT2D eigenvalue weighted by Crippen LogP contribution is -1.75. The van der Waals surface area contributed by atoms with Crippen LogP contribution in [-0.4, -0.2) is 20.9 Å². The molecule has 0 bridgehead atoms. The number of hydrogen-bond donors (Lipinski definition) is 1. The Morgan fingerprint density at radius 1 is 1.80 bits per heavy atom. The minimum absolute atomic E-state index is 0.400. The predicted molar refractivity (Wildman–Crippen MR) is 37.5 cm³/mol. The highest BCUT2D eigenvalue weighted by Crippen LogP contribution is 2.09. The number of aromatic amines is 1. The first-order valence-corrected chi connectivity index (χ1v) is 3.70. The van der Waals surface area contributed by atoms with E-state index in [0.717, 1.165) is 5.82 Å². The molecule has 0 radical (unpaired) electrons. The van der Waals surface area contributed by atoms with Crippen LogP contribution in [0.4, 0.5) is 0 Å². The largest absolute Gasteiger partial charge is 0.262 e. The number of nitriles is 1. The molecule has 0 spiro atoms. The van der Waals surface area contributed by atoms with E-state index in [0.29, 0.717) is 10.9 Å². The van der Waals surface area contributed by atoms with E-state index in [2.05, 4.69) is 15.2 Å². The number of aryl methyl sites for hydroxylation is 1. The van der Waals surface area contributed by atoms with Crippen molar-refractivity contribution in [3.63, 3.8) is 0 Å². The second kappa shape index (κ2) is 3.22. The lowest BCUT2D eigenvalue weighted by atomic mass is 10.8. The minimum Gasteiger partial charge on any atom is -0.262 e. The molecule has 0 aliphatic rings. The maximum atomic E-state index is 8.20. The molecule has 0 amide bonds. The predicted octanol–water partition coefficient (Wildman–Crippen LogP) is 0.729. The quantitative estimate of drug-likeness (QED) is 0.638. The summed E-state index contributed by atoms with van der Waals surface area (Å²) in [6.45, 7) is 1.82. The number of rotatable bonds is 2. The molecule has 1 N–H and O–H groups in total. The van der Waals surface area contributed by atoms with Gasteiger partial charge in [0.25, 0.3) is 0 Å². The van der Waals surface area contributed by atoms with E-state index in [9.17, 15) is 0 Å². The van der Waals surface area contributed by atoms with E-state index in [4.69, 9.17) is 5.26 Å². The summed E-state index contributed by atoms with van der Waals surface area (Å²) in [4.78, 5) is 3.99. The van der Waals surface area contributed by atoms with Crippen LogP contribution < -0.4 is 0 Å². The molecule has 5 heteroatoms. The highest BCUT2D eigenvalue weighted by Gasteiger charge is 1.97. The van der Waals surface area contributed by atoms with Crippen molar-refractivity contribution in [2.24, 2.45) is 0 Å². The van der Waals surface area contributed by atoms with Crippen molar-refractivity contribution < 1.29 is 0 Å². The van der Waals surface area contributed by atoms with Crippen LogP contribution in [0.3, 0.4) is 0 Å². The average Bonchev–Trinajstić information content (AvgIpc) is 2.31. The van der Waals surface area contributed by atoms with Crippen LogP contribution >= 0.6 is 11.8 Å². The zero-order valence-electron chi connectivity index (χ0n) is 5.46. The zero-order valence-corrected chi connectivity index (χ0v) is 6.27. The van der Waals surface area contributed by atoms with Gasteiger partial charge in [0, 0.05) is 0 Å². The van der Waals surface area contributed by atoms with Crippen LogP contribution in [0.1, 0.15) is 5.82 Å². The van der Waals surface area contributed by atoms with Crippen LogP contribution in [0.5, 0.6) is 0 Å². The number of nitrogens with zero attached hydrogens (tertiary/aromatic N) is 3. The normalized spacial score (nSPS) is 9.20. The standard InChI is InChI=1S/C5H6N4S/c1-4-7-5(9-8-4)10-3-2-6/h3H2,1H3,(H,7,8,9). The van der Waals surface area contributed by atoms with Crippen LogP contribution in [0.2, 0.25) is 0 Å².